The van der Waals surface area contributed by atoms with Crippen LogP contribution in [0.25, 0.3) is 5.57 Å². The number of benzene rings is 1. The van der Waals surface area contributed by atoms with Gasteiger partial charge in [0.25, 0.3) is 0 Å². The van der Waals surface area contributed by atoms with Gasteiger partial charge in [-0.25, -0.2) is 4.79 Å². The summed E-state index contributed by atoms with van der Waals surface area (Å²) < 4.78 is 37.3. The predicted molar refractivity (Wildman–Crippen MR) is 66.5 cm³/mol. The van der Waals surface area contributed by atoms with E-state index in [0.29, 0.717) is 17.6 Å². The van der Waals surface area contributed by atoms with Crippen LogP contribution in [-0.4, -0.2) is 11.1 Å². The van der Waals surface area contributed by atoms with Crippen LogP contribution in [0.3, 0.4) is 0 Å². The van der Waals surface area contributed by atoms with Crippen LogP contribution in [-0.2, 0) is 11.0 Å². The summed E-state index contributed by atoms with van der Waals surface area (Å²) in [5.41, 5.74) is 0.288. The Kier molecular flexibility index (Phi) is 4.75. The predicted octanol–water partition coefficient (Wildman–Crippen LogP) is 4.22. The number of carboxylic acids is 1. The molecule has 1 aromatic carbocycles. The van der Waals surface area contributed by atoms with Crippen LogP contribution >= 0.6 is 0 Å². The number of carbonyl (C=O) groups is 1. The molecule has 104 valence electrons. The minimum absolute atomic E-state index is 0.216. The number of carboxylic acid groups (broad SMARTS) is 1. The van der Waals surface area contributed by atoms with Crippen molar-refractivity contribution in [3.05, 3.63) is 41.5 Å². The second-order valence-corrected chi connectivity index (χ2v) is 4.68. The Bertz CT molecular complexity index is 470. The maximum atomic E-state index is 12.4. The first-order valence-corrected chi connectivity index (χ1v) is 5.81. The van der Waals surface area contributed by atoms with Crippen LogP contribution in [0.1, 0.15) is 31.4 Å². The van der Waals surface area contributed by atoms with Gasteiger partial charge in [-0.15, -0.1) is 0 Å². The normalized spacial score (nSPS) is 12.8. The van der Waals surface area contributed by atoms with E-state index in [1.165, 1.54) is 12.1 Å². The quantitative estimate of drug-likeness (QED) is 0.833. The highest BCUT2D eigenvalue weighted by Gasteiger charge is 2.30. The Labute approximate surface area is 109 Å². The van der Waals surface area contributed by atoms with E-state index in [1.807, 2.05) is 13.8 Å². The molecule has 0 heterocycles. The standard InChI is InChI=1S/C14H15F3O2/c1-9(2)7-11(8-13(18)19)10-3-5-12(6-4-10)14(15,16)17/h3-6,8-9H,7H2,1-2H3,(H,18,19)/b11-8+. The number of aliphatic carboxylic acids is 1. The average molecular weight is 272 g/mol. The second-order valence-electron chi connectivity index (χ2n) is 4.68. The zero-order valence-corrected chi connectivity index (χ0v) is 10.7. The van der Waals surface area contributed by atoms with Crippen molar-refractivity contribution in [1.29, 1.82) is 0 Å². The second kappa shape index (κ2) is 5.91. The molecule has 19 heavy (non-hydrogen) atoms. The van der Waals surface area contributed by atoms with Crippen molar-refractivity contribution in [2.24, 2.45) is 5.92 Å². The van der Waals surface area contributed by atoms with Crippen LogP contribution in [0.2, 0.25) is 0 Å². The molecule has 0 fully saturated rings. The molecule has 0 aliphatic carbocycles. The lowest BCUT2D eigenvalue weighted by atomic mass is 9.95. The molecule has 1 N–H and O–H groups in total. The molecule has 0 atom stereocenters. The summed E-state index contributed by atoms with van der Waals surface area (Å²) in [5, 5.41) is 8.79. The lowest BCUT2D eigenvalue weighted by molar-refractivity contribution is -0.137. The average Bonchev–Trinajstić information content (AvgIpc) is 2.26. The molecule has 5 heteroatoms. The number of allylic oxidation sites excluding steroid dienone is 1. The number of alkyl halides is 3. The summed E-state index contributed by atoms with van der Waals surface area (Å²) in [6.07, 6.45) is -2.84. The SMILES string of the molecule is CC(C)C/C(=C\C(=O)O)c1ccc(C(F)(F)F)cc1. The molecule has 0 aromatic heterocycles. The number of rotatable bonds is 4. The number of hydrogen-bond acceptors (Lipinski definition) is 1. The molecule has 0 aliphatic rings. The molecule has 1 rings (SSSR count). The van der Waals surface area contributed by atoms with E-state index in [1.54, 1.807) is 0 Å². The molecule has 0 spiro atoms. The van der Waals surface area contributed by atoms with Gasteiger partial charge in [0.05, 0.1) is 5.56 Å². The van der Waals surface area contributed by atoms with Crippen molar-refractivity contribution in [3.8, 4) is 0 Å². The van der Waals surface area contributed by atoms with Crippen molar-refractivity contribution in [2.45, 2.75) is 26.4 Å². The van der Waals surface area contributed by atoms with E-state index >= 15 is 0 Å². The van der Waals surface area contributed by atoms with E-state index in [2.05, 4.69) is 0 Å². The van der Waals surface area contributed by atoms with Crippen molar-refractivity contribution in [1.82, 2.24) is 0 Å². The summed E-state index contributed by atoms with van der Waals surface area (Å²) in [6.45, 7) is 3.83. The largest absolute Gasteiger partial charge is 0.478 e. The first-order chi connectivity index (χ1) is 8.70. The number of hydrogen-bond donors (Lipinski definition) is 1. The van der Waals surface area contributed by atoms with Crippen LogP contribution in [0, 0.1) is 5.92 Å². The Morgan fingerprint density at radius 1 is 1.26 bits per heavy atom. The highest BCUT2D eigenvalue weighted by atomic mass is 19.4. The Balaban J connectivity index is 3.08. The minimum Gasteiger partial charge on any atom is -0.478 e. The van der Waals surface area contributed by atoms with E-state index in [4.69, 9.17) is 5.11 Å². The molecule has 2 nitrogen and oxygen atoms in total. The van der Waals surface area contributed by atoms with E-state index in [-0.39, 0.29) is 5.92 Å². The van der Waals surface area contributed by atoms with E-state index in [9.17, 15) is 18.0 Å². The topological polar surface area (TPSA) is 37.3 Å². The maximum absolute atomic E-state index is 12.4. The molecule has 0 radical (unpaired) electrons. The van der Waals surface area contributed by atoms with Crippen LogP contribution in [0.4, 0.5) is 13.2 Å². The van der Waals surface area contributed by atoms with Crippen LogP contribution < -0.4 is 0 Å². The van der Waals surface area contributed by atoms with Gasteiger partial charge in [-0.05, 0) is 35.6 Å². The first-order valence-electron chi connectivity index (χ1n) is 5.81. The fourth-order valence-electron chi connectivity index (χ4n) is 1.72. The van der Waals surface area contributed by atoms with Gasteiger partial charge in [0.1, 0.15) is 0 Å². The smallest absolute Gasteiger partial charge is 0.416 e. The molecule has 0 bridgehead atoms. The third kappa shape index (κ3) is 4.77. The lowest BCUT2D eigenvalue weighted by Crippen LogP contribution is -2.04. The van der Waals surface area contributed by atoms with Gasteiger partial charge < -0.3 is 5.11 Å². The van der Waals surface area contributed by atoms with Gasteiger partial charge in [0.2, 0.25) is 0 Å². The third-order valence-electron chi connectivity index (χ3n) is 2.51. The Hall–Kier alpha value is -1.78. The summed E-state index contributed by atoms with van der Waals surface area (Å²) in [7, 11) is 0. The maximum Gasteiger partial charge on any atom is 0.416 e. The highest BCUT2D eigenvalue weighted by molar-refractivity contribution is 5.90. The summed E-state index contributed by atoms with van der Waals surface area (Å²) in [5.74, 6) is -0.886. The molecule has 0 amide bonds. The zero-order valence-electron chi connectivity index (χ0n) is 10.7. The van der Waals surface area contributed by atoms with Gasteiger partial charge in [0, 0.05) is 6.08 Å². The van der Waals surface area contributed by atoms with Crippen molar-refractivity contribution >= 4 is 11.5 Å². The Morgan fingerprint density at radius 2 is 1.79 bits per heavy atom. The van der Waals surface area contributed by atoms with E-state index < -0.39 is 17.7 Å². The molecular formula is C14H15F3O2. The number of halogens is 3. The molecule has 0 aliphatic heterocycles. The third-order valence-corrected chi connectivity index (χ3v) is 2.51. The van der Waals surface area contributed by atoms with Crippen LogP contribution in [0.5, 0.6) is 0 Å². The highest BCUT2D eigenvalue weighted by Crippen LogP contribution is 2.31. The summed E-state index contributed by atoms with van der Waals surface area (Å²) in [6, 6.07) is 4.54. The van der Waals surface area contributed by atoms with Gasteiger partial charge in [-0.3, -0.25) is 0 Å². The molecule has 0 unspecified atom stereocenters. The zero-order chi connectivity index (χ0) is 14.6. The van der Waals surface area contributed by atoms with Crippen LogP contribution in [0.15, 0.2) is 30.3 Å². The van der Waals surface area contributed by atoms with Crippen molar-refractivity contribution < 1.29 is 23.1 Å². The van der Waals surface area contributed by atoms with Crippen molar-refractivity contribution in [3.63, 3.8) is 0 Å². The fourth-order valence-corrected chi connectivity index (χ4v) is 1.72. The fraction of sp³-hybridized carbons (Fsp3) is 0.357. The molecule has 0 saturated carbocycles. The minimum atomic E-state index is -4.38. The molecular weight excluding hydrogens is 257 g/mol. The van der Waals surface area contributed by atoms with Gasteiger partial charge in [-0.1, -0.05) is 26.0 Å². The van der Waals surface area contributed by atoms with Gasteiger partial charge in [0.15, 0.2) is 0 Å². The van der Waals surface area contributed by atoms with Gasteiger partial charge in [-0.2, -0.15) is 13.2 Å². The lowest BCUT2D eigenvalue weighted by Gasteiger charge is -2.12. The van der Waals surface area contributed by atoms with Crippen molar-refractivity contribution in [2.75, 3.05) is 0 Å². The summed E-state index contributed by atoms with van der Waals surface area (Å²) in [4.78, 5) is 10.7. The molecule has 0 saturated heterocycles. The van der Waals surface area contributed by atoms with Gasteiger partial charge >= 0.3 is 12.1 Å². The first kappa shape index (κ1) is 15.3. The Morgan fingerprint density at radius 3 is 2.16 bits per heavy atom. The monoisotopic (exact) mass is 272 g/mol. The molecule has 1 aromatic rings. The van der Waals surface area contributed by atoms with E-state index in [0.717, 1.165) is 18.2 Å². The summed E-state index contributed by atoms with van der Waals surface area (Å²) >= 11 is 0.